The largest absolute Gasteiger partial charge is 0.466 e. The Morgan fingerprint density at radius 1 is 0.762 bits per heavy atom. The maximum atomic E-state index is 10.8. The highest BCUT2D eigenvalue weighted by molar-refractivity contribution is 5.81. The van der Waals surface area contributed by atoms with Gasteiger partial charge in [0.1, 0.15) is 0 Å². The highest BCUT2D eigenvalue weighted by atomic mass is 16.5. The summed E-state index contributed by atoms with van der Waals surface area (Å²) in [5.41, 5.74) is 0. The van der Waals surface area contributed by atoms with Crippen LogP contribution in [0.1, 0.15) is 84.0 Å². The fraction of sp³-hybridized carbons (Fsp3) is 0.737. The highest BCUT2D eigenvalue weighted by Gasteiger charge is 1.91. The van der Waals surface area contributed by atoms with Gasteiger partial charge in [0.25, 0.3) is 0 Å². The molecule has 0 fully saturated rings. The van der Waals surface area contributed by atoms with E-state index in [9.17, 15) is 4.79 Å². The summed E-state index contributed by atoms with van der Waals surface area (Å²) in [6, 6.07) is 0. The van der Waals surface area contributed by atoms with Gasteiger partial charge in [-0.05, 0) is 38.5 Å². The number of ether oxygens (including phenoxy) is 1. The lowest BCUT2D eigenvalue weighted by Crippen LogP contribution is -1.93. The fourth-order valence-electron chi connectivity index (χ4n) is 2.23. The molecule has 0 aliphatic carbocycles. The van der Waals surface area contributed by atoms with Crippen molar-refractivity contribution in [3.63, 3.8) is 0 Å². The second-order valence-electron chi connectivity index (χ2n) is 5.59. The molecule has 0 N–H and O–H groups in total. The summed E-state index contributed by atoms with van der Waals surface area (Å²) in [5, 5.41) is 0. The number of esters is 1. The summed E-state index contributed by atoms with van der Waals surface area (Å²) >= 11 is 0. The van der Waals surface area contributed by atoms with Gasteiger partial charge in [0.05, 0.1) is 7.11 Å². The summed E-state index contributed by atoms with van der Waals surface area (Å²) in [5.74, 6) is -0.257. The molecular formula is C19H34O2. The average Bonchev–Trinajstić information content (AvgIpc) is 2.50. The second kappa shape index (κ2) is 17.0. The van der Waals surface area contributed by atoms with Crippen molar-refractivity contribution < 1.29 is 9.53 Å². The zero-order valence-electron chi connectivity index (χ0n) is 14.1. The number of carbonyl (C=O) groups excluding carboxylic acids is 1. The molecule has 0 bridgehead atoms. The van der Waals surface area contributed by atoms with Crippen LogP contribution in [0.4, 0.5) is 0 Å². The number of carbonyl (C=O) groups is 1. The minimum Gasteiger partial charge on any atom is -0.466 e. The Morgan fingerprint density at radius 3 is 1.81 bits per heavy atom. The lowest BCUT2D eigenvalue weighted by atomic mass is 10.1. The third-order valence-electron chi connectivity index (χ3n) is 3.59. The van der Waals surface area contributed by atoms with Crippen LogP contribution in [0.2, 0.25) is 0 Å². The zero-order chi connectivity index (χ0) is 15.6. The van der Waals surface area contributed by atoms with Crippen LogP contribution in [0.5, 0.6) is 0 Å². The van der Waals surface area contributed by atoms with E-state index >= 15 is 0 Å². The Morgan fingerprint density at radius 2 is 1.24 bits per heavy atom. The predicted octanol–water partition coefficient (Wildman–Crippen LogP) is 5.97. The topological polar surface area (TPSA) is 26.3 Å². The third kappa shape index (κ3) is 16.9. The van der Waals surface area contributed by atoms with E-state index < -0.39 is 0 Å². The number of unbranched alkanes of at least 4 members (excludes halogenated alkanes) is 10. The molecule has 0 unspecified atom stereocenters. The van der Waals surface area contributed by atoms with Crippen molar-refractivity contribution in [2.24, 2.45) is 0 Å². The van der Waals surface area contributed by atoms with Crippen molar-refractivity contribution in [2.45, 2.75) is 84.0 Å². The molecule has 0 spiro atoms. The minimum atomic E-state index is -0.257. The summed E-state index contributed by atoms with van der Waals surface area (Å²) < 4.78 is 4.53. The number of rotatable bonds is 14. The molecule has 2 heteroatoms. The first kappa shape index (κ1) is 19.9. The normalized spacial score (nSPS) is 11.5. The Labute approximate surface area is 131 Å². The van der Waals surface area contributed by atoms with Gasteiger partial charge in [-0.25, -0.2) is 4.79 Å². The molecule has 0 heterocycles. The molecule has 0 aromatic carbocycles. The lowest BCUT2D eigenvalue weighted by molar-refractivity contribution is -0.134. The van der Waals surface area contributed by atoms with Crippen LogP contribution < -0.4 is 0 Å². The maximum Gasteiger partial charge on any atom is 0.330 e. The van der Waals surface area contributed by atoms with Crippen LogP contribution in [0, 0.1) is 0 Å². The summed E-state index contributed by atoms with van der Waals surface area (Å²) in [6.45, 7) is 2.26. The average molecular weight is 294 g/mol. The van der Waals surface area contributed by atoms with Gasteiger partial charge in [-0.15, -0.1) is 0 Å². The van der Waals surface area contributed by atoms with Gasteiger partial charge in [-0.2, -0.15) is 0 Å². The van der Waals surface area contributed by atoms with Crippen molar-refractivity contribution in [3.8, 4) is 0 Å². The molecule has 0 radical (unpaired) electrons. The van der Waals surface area contributed by atoms with Crippen LogP contribution in [0.25, 0.3) is 0 Å². The van der Waals surface area contributed by atoms with Crippen molar-refractivity contribution in [2.75, 3.05) is 7.11 Å². The molecule has 0 saturated heterocycles. The Kier molecular flexibility index (Phi) is 16.2. The van der Waals surface area contributed by atoms with Crippen LogP contribution in [0.15, 0.2) is 24.3 Å². The smallest absolute Gasteiger partial charge is 0.330 e. The molecule has 21 heavy (non-hydrogen) atoms. The van der Waals surface area contributed by atoms with E-state index in [-0.39, 0.29) is 5.97 Å². The van der Waals surface area contributed by atoms with E-state index in [0.29, 0.717) is 0 Å². The summed E-state index contributed by atoms with van der Waals surface area (Å²) in [4.78, 5) is 10.8. The highest BCUT2D eigenvalue weighted by Crippen LogP contribution is 2.08. The van der Waals surface area contributed by atoms with E-state index in [1.54, 1.807) is 0 Å². The Bertz CT molecular complexity index is 279. The number of hydrogen-bond acceptors (Lipinski definition) is 2. The van der Waals surface area contributed by atoms with Crippen molar-refractivity contribution in [1.82, 2.24) is 0 Å². The maximum absolute atomic E-state index is 10.8. The van der Waals surface area contributed by atoms with Crippen LogP contribution in [-0.2, 0) is 9.53 Å². The Hall–Kier alpha value is -1.05. The van der Waals surface area contributed by atoms with Crippen LogP contribution in [0.3, 0.4) is 0 Å². The first-order chi connectivity index (χ1) is 10.3. The lowest BCUT2D eigenvalue weighted by Gasteiger charge is -1.98. The standard InChI is InChI=1S/C19H34O2/c1-3-4-5-6-7-8-9-10-11-12-13-14-15-16-17-18-19(20)21-2/h10-11,17-18H,3-9,12-16H2,1-2H3/b11-10?,18-17-. The fourth-order valence-corrected chi connectivity index (χ4v) is 2.23. The summed E-state index contributed by atoms with van der Waals surface area (Å²) in [7, 11) is 1.41. The van der Waals surface area contributed by atoms with E-state index in [0.717, 1.165) is 12.8 Å². The number of hydrogen-bond donors (Lipinski definition) is 0. The van der Waals surface area contributed by atoms with Crippen molar-refractivity contribution >= 4 is 5.97 Å². The quantitative estimate of drug-likeness (QED) is 0.171. The van der Waals surface area contributed by atoms with Crippen molar-refractivity contribution in [1.29, 1.82) is 0 Å². The Balaban J connectivity index is 3.18. The molecule has 0 aromatic heterocycles. The van der Waals surface area contributed by atoms with E-state index in [4.69, 9.17) is 0 Å². The summed E-state index contributed by atoms with van der Waals surface area (Å²) in [6.07, 6.45) is 23.4. The SMILES string of the molecule is CCCCCCCCC=CCCCCC/C=C\C(=O)OC. The molecule has 0 amide bonds. The van der Waals surface area contributed by atoms with E-state index in [1.165, 1.54) is 77.4 Å². The van der Waals surface area contributed by atoms with E-state index in [1.807, 2.05) is 6.08 Å². The molecule has 2 nitrogen and oxygen atoms in total. The third-order valence-corrected chi connectivity index (χ3v) is 3.59. The van der Waals surface area contributed by atoms with Gasteiger partial charge in [-0.1, -0.05) is 63.7 Å². The predicted molar refractivity (Wildman–Crippen MR) is 91.4 cm³/mol. The van der Waals surface area contributed by atoms with Crippen LogP contribution in [-0.4, -0.2) is 13.1 Å². The minimum absolute atomic E-state index is 0.257. The second-order valence-corrected chi connectivity index (χ2v) is 5.59. The number of methoxy groups -OCH3 is 1. The van der Waals surface area contributed by atoms with Crippen LogP contribution >= 0.6 is 0 Å². The molecule has 0 saturated carbocycles. The van der Waals surface area contributed by atoms with Gasteiger partial charge in [0.2, 0.25) is 0 Å². The molecular weight excluding hydrogens is 260 g/mol. The van der Waals surface area contributed by atoms with Crippen molar-refractivity contribution in [3.05, 3.63) is 24.3 Å². The number of allylic oxidation sites excluding steroid dienone is 3. The van der Waals surface area contributed by atoms with Gasteiger partial charge < -0.3 is 4.74 Å². The molecule has 0 aliphatic rings. The van der Waals surface area contributed by atoms with Gasteiger partial charge in [0.15, 0.2) is 0 Å². The zero-order valence-corrected chi connectivity index (χ0v) is 14.1. The van der Waals surface area contributed by atoms with E-state index in [2.05, 4.69) is 23.8 Å². The molecule has 0 aromatic rings. The van der Waals surface area contributed by atoms with Gasteiger partial charge >= 0.3 is 5.97 Å². The first-order valence-electron chi connectivity index (χ1n) is 8.70. The molecule has 0 rings (SSSR count). The molecule has 0 aliphatic heterocycles. The molecule has 0 atom stereocenters. The van der Waals surface area contributed by atoms with Gasteiger partial charge in [-0.3, -0.25) is 0 Å². The first-order valence-corrected chi connectivity index (χ1v) is 8.70. The monoisotopic (exact) mass is 294 g/mol. The van der Waals surface area contributed by atoms with Gasteiger partial charge in [0, 0.05) is 6.08 Å². The molecule has 122 valence electrons.